The van der Waals surface area contributed by atoms with Gasteiger partial charge in [0.1, 0.15) is 0 Å². The van der Waals surface area contributed by atoms with Crippen LogP contribution < -0.4 is 5.32 Å². The van der Waals surface area contributed by atoms with Crippen LogP contribution in [0.5, 0.6) is 0 Å². The Balaban J connectivity index is 2.25. The molecule has 4 heteroatoms. The summed E-state index contributed by atoms with van der Waals surface area (Å²) in [6, 6.07) is 10.4. The van der Waals surface area contributed by atoms with Gasteiger partial charge in [0.15, 0.2) is 0 Å². The van der Waals surface area contributed by atoms with E-state index in [4.69, 9.17) is 11.6 Å². The Kier molecular flexibility index (Phi) is 5.21. The lowest BCUT2D eigenvalue weighted by Gasteiger charge is -2.19. The van der Waals surface area contributed by atoms with Crippen LogP contribution in [0.25, 0.3) is 0 Å². The Morgan fingerprint density at radius 3 is 2.65 bits per heavy atom. The van der Waals surface area contributed by atoms with Crippen molar-refractivity contribution in [2.24, 2.45) is 7.05 Å². The number of benzene rings is 1. The van der Waals surface area contributed by atoms with Gasteiger partial charge in [-0.3, -0.25) is 4.68 Å². The summed E-state index contributed by atoms with van der Waals surface area (Å²) in [6.45, 7) is 5.15. The third-order valence-corrected chi connectivity index (χ3v) is 3.88. The van der Waals surface area contributed by atoms with Gasteiger partial charge >= 0.3 is 0 Å². The first-order valence-corrected chi connectivity index (χ1v) is 7.53. The Hall–Kier alpha value is -1.32. The molecule has 3 nitrogen and oxygen atoms in total. The van der Waals surface area contributed by atoms with E-state index in [2.05, 4.69) is 36.4 Å². The highest BCUT2D eigenvalue weighted by atomic mass is 35.5. The molecular weight excluding hydrogens is 270 g/mol. The summed E-state index contributed by atoms with van der Waals surface area (Å²) >= 11 is 6.33. The molecule has 1 aromatic carbocycles. The molecule has 1 N–H and O–H groups in total. The lowest BCUT2D eigenvalue weighted by atomic mass is 10.0. The molecule has 0 spiro atoms. The first kappa shape index (κ1) is 15.1. The minimum atomic E-state index is 0.216. The average molecular weight is 292 g/mol. The van der Waals surface area contributed by atoms with Crippen LogP contribution >= 0.6 is 11.6 Å². The summed E-state index contributed by atoms with van der Waals surface area (Å²) in [5.41, 5.74) is 3.51. The molecule has 0 saturated carbocycles. The van der Waals surface area contributed by atoms with Gasteiger partial charge in [-0.05, 0) is 30.7 Å². The zero-order valence-corrected chi connectivity index (χ0v) is 13.1. The van der Waals surface area contributed by atoms with Crippen LogP contribution in [0.3, 0.4) is 0 Å². The molecule has 0 saturated heterocycles. The van der Waals surface area contributed by atoms with Gasteiger partial charge in [0.2, 0.25) is 0 Å². The Labute approximate surface area is 126 Å². The maximum atomic E-state index is 6.33. The van der Waals surface area contributed by atoms with Gasteiger partial charge in [-0.2, -0.15) is 5.10 Å². The smallest absolute Gasteiger partial charge is 0.0624 e. The molecule has 1 atom stereocenters. The van der Waals surface area contributed by atoms with Crippen molar-refractivity contribution in [1.29, 1.82) is 0 Å². The van der Waals surface area contributed by atoms with E-state index in [1.807, 2.05) is 29.9 Å². The molecular formula is C16H22ClN3. The van der Waals surface area contributed by atoms with E-state index in [1.165, 1.54) is 5.69 Å². The van der Waals surface area contributed by atoms with Crippen LogP contribution in [-0.2, 0) is 19.9 Å². The third-order valence-electron chi connectivity index (χ3n) is 3.53. The third kappa shape index (κ3) is 3.41. The SMILES string of the molecule is CCNC(Cc1cc(CC)nn1C)c1ccccc1Cl. The number of hydrogen-bond donors (Lipinski definition) is 1. The van der Waals surface area contributed by atoms with Gasteiger partial charge in [0, 0.05) is 30.2 Å². The van der Waals surface area contributed by atoms with E-state index in [9.17, 15) is 0 Å². The maximum absolute atomic E-state index is 6.33. The summed E-state index contributed by atoms with van der Waals surface area (Å²) in [5, 5.41) is 8.85. The molecule has 0 radical (unpaired) electrons. The van der Waals surface area contributed by atoms with Gasteiger partial charge in [-0.25, -0.2) is 0 Å². The average Bonchev–Trinajstić information content (AvgIpc) is 2.80. The molecule has 20 heavy (non-hydrogen) atoms. The van der Waals surface area contributed by atoms with E-state index in [0.29, 0.717) is 0 Å². The van der Waals surface area contributed by atoms with E-state index < -0.39 is 0 Å². The quantitative estimate of drug-likeness (QED) is 0.882. The number of halogens is 1. The van der Waals surface area contributed by atoms with Crippen molar-refractivity contribution in [2.75, 3.05) is 6.54 Å². The van der Waals surface area contributed by atoms with Gasteiger partial charge in [-0.1, -0.05) is 43.6 Å². The van der Waals surface area contributed by atoms with Crippen molar-refractivity contribution in [1.82, 2.24) is 15.1 Å². The lowest BCUT2D eigenvalue weighted by molar-refractivity contribution is 0.529. The fraction of sp³-hybridized carbons (Fsp3) is 0.438. The van der Waals surface area contributed by atoms with Gasteiger partial charge in [0.25, 0.3) is 0 Å². The summed E-state index contributed by atoms with van der Waals surface area (Å²) in [7, 11) is 2.00. The number of nitrogens with one attached hydrogen (secondary N) is 1. The molecule has 1 heterocycles. The summed E-state index contributed by atoms with van der Waals surface area (Å²) < 4.78 is 1.97. The first-order valence-electron chi connectivity index (χ1n) is 7.15. The van der Waals surface area contributed by atoms with Crippen LogP contribution in [0.1, 0.15) is 36.8 Å². The Morgan fingerprint density at radius 2 is 2.05 bits per heavy atom. The van der Waals surface area contributed by atoms with Crippen molar-refractivity contribution in [3.63, 3.8) is 0 Å². The second-order valence-electron chi connectivity index (χ2n) is 4.94. The Morgan fingerprint density at radius 1 is 1.30 bits per heavy atom. The van der Waals surface area contributed by atoms with E-state index in [1.54, 1.807) is 0 Å². The number of aryl methyl sites for hydroxylation is 2. The summed E-state index contributed by atoms with van der Waals surface area (Å²) in [6.07, 6.45) is 1.85. The first-order chi connectivity index (χ1) is 9.65. The predicted octanol–water partition coefficient (Wildman–Crippen LogP) is 3.53. The van der Waals surface area contributed by atoms with E-state index >= 15 is 0 Å². The predicted molar refractivity (Wildman–Crippen MR) is 84.2 cm³/mol. The fourth-order valence-corrected chi connectivity index (χ4v) is 2.71. The van der Waals surface area contributed by atoms with Crippen molar-refractivity contribution < 1.29 is 0 Å². The van der Waals surface area contributed by atoms with Crippen LogP contribution in [-0.4, -0.2) is 16.3 Å². The summed E-state index contributed by atoms with van der Waals surface area (Å²) in [5.74, 6) is 0. The van der Waals surface area contributed by atoms with Gasteiger partial charge < -0.3 is 5.32 Å². The van der Waals surface area contributed by atoms with Crippen molar-refractivity contribution in [2.45, 2.75) is 32.7 Å². The molecule has 2 aromatic rings. The minimum absolute atomic E-state index is 0.216. The van der Waals surface area contributed by atoms with E-state index in [-0.39, 0.29) is 6.04 Å². The van der Waals surface area contributed by atoms with Crippen LogP contribution in [0.2, 0.25) is 5.02 Å². The highest BCUT2D eigenvalue weighted by molar-refractivity contribution is 6.31. The summed E-state index contributed by atoms with van der Waals surface area (Å²) in [4.78, 5) is 0. The topological polar surface area (TPSA) is 29.9 Å². The minimum Gasteiger partial charge on any atom is -0.310 e. The zero-order valence-electron chi connectivity index (χ0n) is 12.4. The standard InChI is InChI=1S/C16H22ClN3/c1-4-12-10-13(20(3)19-12)11-16(18-5-2)14-8-6-7-9-15(14)17/h6-10,16,18H,4-5,11H2,1-3H3. The molecule has 108 valence electrons. The van der Waals surface area contributed by atoms with Gasteiger partial charge in [0.05, 0.1) is 5.69 Å². The van der Waals surface area contributed by atoms with Crippen LogP contribution in [0.4, 0.5) is 0 Å². The van der Waals surface area contributed by atoms with Crippen molar-refractivity contribution in [3.8, 4) is 0 Å². The monoisotopic (exact) mass is 291 g/mol. The number of nitrogens with zero attached hydrogens (tertiary/aromatic N) is 2. The number of hydrogen-bond acceptors (Lipinski definition) is 2. The molecule has 1 unspecified atom stereocenters. The molecule has 0 bridgehead atoms. The molecule has 0 aliphatic carbocycles. The molecule has 0 fully saturated rings. The maximum Gasteiger partial charge on any atom is 0.0624 e. The fourth-order valence-electron chi connectivity index (χ4n) is 2.44. The van der Waals surface area contributed by atoms with Crippen molar-refractivity contribution >= 4 is 11.6 Å². The molecule has 0 aliphatic heterocycles. The highest BCUT2D eigenvalue weighted by Crippen LogP contribution is 2.25. The number of likely N-dealkylation sites (N-methyl/N-ethyl adjacent to an activating group) is 1. The van der Waals surface area contributed by atoms with Crippen LogP contribution in [0, 0.1) is 0 Å². The molecule has 0 amide bonds. The molecule has 2 rings (SSSR count). The highest BCUT2D eigenvalue weighted by Gasteiger charge is 2.16. The Bertz CT molecular complexity index is 563. The molecule has 0 aliphatic rings. The second-order valence-corrected chi connectivity index (χ2v) is 5.35. The van der Waals surface area contributed by atoms with Crippen LogP contribution in [0.15, 0.2) is 30.3 Å². The van der Waals surface area contributed by atoms with Crippen molar-refractivity contribution in [3.05, 3.63) is 52.3 Å². The largest absolute Gasteiger partial charge is 0.310 e. The zero-order chi connectivity index (χ0) is 14.5. The second kappa shape index (κ2) is 6.91. The lowest BCUT2D eigenvalue weighted by Crippen LogP contribution is -2.24. The normalized spacial score (nSPS) is 12.6. The molecule has 1 aromatic heterocycles. The van der Waals surface area contributed by atoms with E-state index in [0.717, 1.165) is 35.7 Å². The number of aromatic nitrogens is 2. The number of rotatable bonds is 6. The van der Waals surface area contributed by atoms with Gasteiger partial charge in [-0.15, -0.1) is 0 Å².